The summed E-state index contributed by atoms with van der Waals surface area (Å²) in [5.41, 5.74) is 2.87. The summed E-state index contributed by atoms with van der Waals surface area (Å²) in [7, 11) is 0. The molecular weight excluding hydrogens is 252 g/mol. The average molecular weight is 266 g/mol. The van der Waals surface area contributed by atoms with Crippen molar-refractivity contribution >= 4 is 11.6 Å². The first-order valence-electron chi connectivity index (χ1n) is 6.12. The lowest BCUT2D eigenvalue weighted by Crippen LogP contribution is -2.12. The summed E-state index contributed by atoms with van der Waals surface area (Å²) < 4.78 is 0. The Hall–Kier alpha value is -2.64. The number of hydrogen-bond acceptors (Lipinski definition) is 3. The fourth-order valence-corrected chi connectivity index (χ4v) is 1.77. The number of nitrogens with one attached hydrogen (secondary N) is 1. The third-order valence-electron chi connectivity index (χ3n) is 2.59. The number of anilines is 1. The smallest absolute Gasteiger partial charge is 0.255 e. The van der Waals surface area contributed by atoms with Gasteiger partial charge in [-0.25, -0.2) is 0 Å². The van der Waals surface area contributed by atoms with Crippen molar-refractivity contribution in [2.75, 3.05) is 11.9 Å². The maximum Gasteiger partial charge on any atom is 0.255 e. The van der Waals surface area contributed by atoms with Crippen LogP contribution in [0, 0.1) is 18.8 Å². The molecule has 0 unspecified atom stereocenters. The van der Waals surface area contributed by atoms with E-state index in [1.807, 2.05) is 13.0 Å². The summed E-state index contributed by atoms with van der Waals surface area (Å²) in [4.78, 5) is 16.1. The molecule has 1 heterocycles. The van der Waals surface area contributed by atoms with Gasteiger partial charge in [-0.15, -0.1) is 0 Å². The van der Waals surface area contributed by atoms with E-state index in [-0.39, 0.29) is 12.5 Å². The summed E-state index contributed by atoms with van der Waals surface area (Å²) in [5.74, 6) is 5.18. The van der Waals surface area contributed by atoms with Gasteiger partial charge in [-0.3, -0.25) is 9.78 Å². The van der Waals surface area contributed by atoms with Gasteiger partial charge in [-0.05, 0) is 42.8 Å². The van der Waals surface area contributed by atoms with E-state index in [1.165, 1.54) is 0 Å². The lowest BCUT2D eigenvalue weighted by Gasteiger charge is -2.06. The van der Waals surface area contributed by atoms with Crippen molar-refractivity contribution in [2.45, 2.75) is 6.92 Å². The van der Waals surface area contributed by atoms with Crippen LogP contribution < -0.4 is 5.32 Å². The molecule has 2 aromatic rings. The number of aliphatic hydroxyl groups is 1. The van der Waals surface area contributed by atoms with E-state index in [1.54, 1.807) is 36.7 Å². The van der Waals surface area contributed by atoms with E-state index in [2.05, 4.69) is 22.1 Å². The molecule has 0 bridgehead atoms. The van der Waals surface area contributed by atoms with Gasteiger partial charge in [-0.2, -0.15) is 0 Å². The molecule has 0 aliphatic heterocycles. The molecule has 2 N–H and O–H groups in total. The van der Waals surface area contributed by atoms with Crippen molar-refractivity contribution in [3.63, 3.8) is 0 Å². The minimum Gasteiger partial charge on any atom is -0.384 e. The second kappa shape index (κ2) is 6.50. The van der Waals surface area contributed by atoms with Crippen molar-refractivity contribution in [1.29, 1.82) is 0 Å². The van der Waals surface area contributed by atoms with Gasteiger partial charge in [0.15, 0.2) is 0 Å². The summed E-state index contributed by atoms with van der Waals surface area (Å²) in [5, 5.41) is 11.5. The molecule has 0 aliphatic rings. The quantitative estimate of drug-likeness (QED) is 0.817. The zero-order valence-corrected chi connectivity index (χ0v) is 11.1. The summed E-state index contributed by atoms with van der Waals surface area (Å²) >= 11 is 0. The second-order valence-corrected chi connectivity index (χ2v) is 4.24. The maximum absolute atomic E-state index is 12.2. The molecular formula is C16H14N2O2. The summed E-state index contributed by atoms with van der Waals surface area (Å²) in [6.07, 6.45) is 3.23. The molecule has 0 saturated heterocycles. The van der Waals surface area contributed by atoms with Gasteiger partial charge >= 0.3 is 0 Å². The van der Waals surface area contributed by atoms with Crippen LogP contribution in [-0.2, 0) is 0 Å². The Balaban J connectivity index is 2.23. The number of pyridine rings is 1. The Kier molecular flexibility index (Phi) is 4.48. The van der Waals surface area contributed by atoms with E-state index < -0.39 is 0 Å². The molecule has 1 amide bonds. The fourth-order valence-electron chi connectivity index (χ4n) is 1.77. The Bertz CT molecular complexity index is 670. The molecule has 4 heteroatoms. The maximum atomic E-state index is 12.2. The number of carbonyl (C=O) groups is 1. The monoisotopic (exact) mass is 266 g/mol. The molecule has 1 aromatic carbocycles. The molecule has 0 aliphatic carbocycles. The van der Waals surface area contributed by atoms with Crippen molar-refractivity contribution in [3.05, 3.63) is 59.4 Å². The number of nitrogens with zero attached hydrogens (tertiary/aromatic N) is 1. The molecule has 2 rings (SSSR count). The second-order valence-electron chi connectivity index (χ2n) is 4.24. The van der Waals surface area contributed by atoms with Crippen LogP contribution in [0.2, 0.25) is 0 Å². The van der Waals surface area contributed by atoms with Gasteiger partial charge in [0, 0.05) is 29.2 Å². The van der Waals surface area contributed by atoms with Gasteiger partial charge in [0.25, 0.3) is 5.91 Å². The highest BCUT2D eigenvalue weighted by atomic mass is 16.2. The lowest BCUT2D eigenvalue weighted by atomic mass is 10.1. The van der Waals surface area contributed by atoms with Crippen LogP contribution in [0.1, 0.15) is 21.5 Å². The number of aromatic nitrogens is 1. The molecule has 0 atom stereocenters. The number of aliphatic hydroxyl groups excluding tert-OH is 1. The number of benzene rings is 1. The van der Waals surface area contributed by atoms with Crippen LogP contribution in [-0.4, -0.2) is 22.6 Å². The van der Waals surface area contributed by atoms with Crippen molar-refractivity contribution in [1.82, 2.24) is 4.98 Å². The van der Waals surface area contributed by atoms with Gasteiger partial charge in [0.1, 0.15) is 6.61 Å². The standard InChI is InChI=1S/C16H14N2O2/c1-12-9-13(3-2-8-19)11-14(10-12)16(20)18-15-4-6-17-7-5-15/h4-7,9-11,19H,8H2,1H3,(H,17,18,20). The first-order valence-corrected chi connectivity index (χ1v) is 6.12. The summed E-state index contributed by atoms with van der Waals surface area (Å²) in [6.45, 7) is 1.69. The van der Waals surface area contributed by atoms with Crippen LogP contribution in [0.25, 0.3) is 0 Å². The zero-order chi connectivity index (χ0) is 14.4. The van der Waals surface area contributed by atoms with Crippen LogP contribution in [0.4, 0.5) is 5.69 Å². The molecule has 100 valence electrons. The van der Waals surface area contributed by atoms with E-state index in [9.17, 15) is 4.79 Å². The molecule has 4 nitrogen and oxygen atoms in total. The first kappa shape index (κ1) is 13.8. The number of amides is 1. The van der Waals surface area contributed by atoms with E-state index in [0.717, 1.165) is 5.56 Å². The van der Waals surface area contributed by atoms with Crippen LogP contribution in [0.3, 0.4) is 0 Å². The van der Waals surface area contributed by atoms with Crippen molar-refractivity contribution < 1.29 is 9.90 Å². The van der Waals surface area contributed by atoms with Crippen LogP contribution in [0.15, 0.2) is 42.7 Å². The minimum absolute atomic E-state index is 0.202. The highest BCUT2D eigenvalue weighted by Crippen LogP contribution is 2.12. The summed E-state index contributed by atoms with van der Waals surface area (Å²) in [6, 6.07) is 8.80. The highest BCUT2D eigenvalue weighted by Gasteiger charge is 2.07. The Labute approximate surface area is 117 Å². The number of rotatable bonds is 2. The fraction of sp³-hybridized carbons (Fsp3) is 0.125. The van der Waals surface area contributed by atoms with E-state index in [4.69, 9.17) is 5.11 Å². The third kappa shape index (κ3) is 3.67. The largest absolute Gasteiger partial charge is 0.384 e. The minimum atomic E-state index is -0.202. The molecule has 20 heavy (non-hydrogen) atoms. The Morgan fingerprint density at radius 1 is 1.30 bits per heavy atom. The van der Waals surface area contributed by atoms with Gasteiger partial charge in [0.2, 0.25) is 0 Å². The lowest BCUT2D eigenvalue weighted by molar-refractivity contribution is 0.102. The molecule has 1 aromatic heterocycles. The predicted octanol–water partition coefficient (Wildman–Crippen LogP) is 1.99. The Morgan fingerprint density at radius 3 is 2.75 bits per heavy atom. The molecule has 0 spiro atoms. The van der Waals surface area contributed by atoms with E-state index >= 15 is 0 Å². The van der Waals surface area contributed by atoms with Crippen molar-refractivity contribution in [2.24, 2.45) is 0 Å². The van der Waals surface area contributed by atoms with Crippen molar-refractivity contribution in [3.8, 4) is 11.8 Å². The molecule has 0 radical (unpaired) electrons. The molecule has 0 saturated carbocycles. The third-order valence-corrected chi connectivity index (χ3v) is 2.59. The van der Waals surface area contributed by atoms with Gasteiger partial charge in [0.05, 0.1) is 0 Å². The zero-order valence-electron chi connectivity index (χ0n) is 11.1. The normalized spacial score (nSPS) is 9.50. The number of carbonyl (C=O) groups excluding carboxylic acids is 1. The number of hydrogen-bond donors (Lipinski definition) is 2. The average Bonchev–Trinajstić information content (AvgIpc) is 2.45. The highest BCUT2D eigenvalue weighted by molar-refractivity contribution is 6.04. The Morgan fingerprint density at radius 2 is 2.05 bits per heavy atom. The molecule has 0 fully saturated rings. The predicted molar refractivity (Wildman–Crippen MR) is 77.3 cm³/mol. The van der Waals surface area contributed by atoms with Gasteiger partial charge in [-0.1, -0.05) is 11.8 Å². The van der Waals surface area contributed by atoms with Crippen LogP contribution >= 0.6 is 0 Å². The SMILES string of the molecule is Cc1cc(C#CCO)cc(C(=O)Nc2ccncc2)c1. The number of aryl methyl sites for hydroxylation is 1. The van der Waals surface area contributed by atoms with Gasteiger partial charge < -0.3 is 10.4 Å². The van der Waals surface area contributed by atoms with Crippen LogP contribution in [0.5, 0.6) is 0 Å². The topological polar surface area (TPSA) is 62.2 Å². The van der Waals surface area contributed by atoms with E-state index in [0.29, 0.717) is 16.8 Å². The first-order chi connectivity index (χ1) is 9.69.